The van der Waals surface area contributed by atoms with E-state index in [9.17, 15) is 8.78 Å². The minimum atomic E-state index is -1.35. The maximum atomic E-state index is 13.5. The number of hydrogen-bond acceptors (Lipinski definition) is 1. The quantitative estimate of drug-likeness (QED) is 0.647. The van der Waals surface area contributed by atoms with E-state index in [-0.39, 0.29) is 17.6 Å². The van der Waals surface area contributed by atoms with Crippen LogP contribution in [-0.4, -0.2) is 13.3 Å². The Morgan fingerprint density at radius 3 is 2.54 bits per heavy atom. The van der Waals surface area contributed by atoms with Crippen molar-refractivity contribution in [3.8, 4) is 0 Å². The molecule has 0 amide bonds. The van der Waals surface area contributed by atoms with Gasteiger partial charge in [-0.25, -0.2) is 8.78 Å². The largest absolute Gasteiger partial charge is 0.495 e. The Bertz CT molecular complexity index is 243. The monoisotopic (exact) mass is 188 g/mol. The highest BCUT2D eigenvalue weighted by molar-refractivity contribution is 5.26. The van der Waals surface area contributed by atoms with Crippen LogP contribution in [0.2, 0.25) is 0 Å². The van der Waals surface area contributed by atoms with E-state index in [4.69, 9.17) is 0 Å². The van der Waals surface area contributed by atoms with Crippen LogP contribution in [0.25, 0.3) is 0 Å². The number of allylic oxidation sites excluding steroid dienone is 4. The second-order valence-corrected chi connectivity index (χ2v) is 3.50. The Balaban J connectivity index is 2.88. The van der Waals surface area contributed by atoms with E-state index in [1.165, 1.54) is 13.2 Å². The molecule has 0 radical (unpaired) electrons. The van der Waals surface area contributed by atoms with Crippen molar-refractivity contribution in [1.29, 1.82) is 0 Å². The van der Waals surface area contributed by atoms with Crippen LogP contribution in [-0.2, 0) is 4.74 Å². The summed E-state index contributed by atoms with van der Waals surface area (Å²) in [5, 5.41) is 0. The third-order valence-corrected chi connectivity index (χ3v) is 2.28. The molecule has 0 spiro atoms. The Labute approximate surface area is 77.1 Å². The highest BCUT2D eigenvalue weighted by Crippen LogP contribution is 2.32. The van der Waals surface area contributed by atoms with Crippen molar-refractivity contribution in [2.24, 2.45) is 11.8 Å². The van der Waals surface area contributed by atoms with Gasteiger partial charge in [0.05, 0.1) is 7.11 Å². The molecule has 0 bridgehead atoms. The van der Waals surface area contributed by atoms with Crippen LogP contribution >= 0.6 is 0 Å². The van der Waals surface area contributed by atoms with Gasteiger partial charge in [-0.1, -0.05) is 19.9 Å². The molecule has 0 aromatic carbocycles. The van der Waals surface area contributed by atoms with Gasteiger partial charge in [0.25, 0.3) is 0 Å². The lowest BCUT2D eigenvalue weighted by molar-refractivity contribution is 0.143. The molecule has 0 aromatic heterocycles. The Kier molecular flexibility index (Phi) is 3.07. The molecule has 3 heteroatoms. The molecule has 1 rings (SSSR count). The second kappa shape index (κ2) is 3.90. The Hall–Kier alpha value is -0.860. The summed E-state index contributed by atoms with van der Waals surface area (Å²) in [6.45, 7) is 3.80. The van der Waals surface area contributed by atoms with Gasteiger partial charge in [-0.3, -0.25) is 0 Å². The average molecular weight is 188 g/mol. The van der Waals surface area contributed by atoms with Gasteiger partial charge in [-0.2, -0.15) is 0 Å². The molecule has 0 fully saturated rings. The number of halogens is 2. The summed E-state index contributed by atoms with van der Waals surface area (Å²) < 4.78 is 31.2. The average Bonchev–Trinajstić information content (AvgIpc) is 2.04. The molecular formula is C10H14F2O. The maximum Gasteiger partial charge on any atom is 0.166 e. The van der Waals surface area contributed by atoms with E-state index < -0.39 is 12.0 Å². The first-order valence-corrected chi connectivity index (χ1v) is 4.33. The van der Waals surface area contributed by atoms with Crippen LogP contribution in [0, 0.1) is 11.8 Å². The fraction of sp³-hybridized carbons (Fsp3) is 0.600. The molecule has 2 unspecified atom stereocenters. The van der Waals surface area contributed by atoms with Gasteiger partial charge in [0.15, 0.2) is 17.8 Å². The molecule has 13 heavy (non-hydrogen) atoms. The van der Waals surface area contributed by atoms with E-state index in [0.717, 1.165) is 0 Å². The standard InChI is InChI=1S/C10H14F2O/c1-6(2)7-4-5-8(11)10(13-3)9(7)12/h4-7,9H,1-3H3. The second-order valence-electron chi connectivity index (χ2n) is 3.50. The molecule has 1 aliphatic carbocycles. The summed E-state index contributed by atoms with van der Waals surface area (Å²) in [5.74, 6) is -0.924. The Morgan fingerprint density at radius 1 is 1.46 bits per heavy atom. The summed E-state index contributed by atoms with van der Waals surface area (Å²) in [6.07, 6.45) is 1.49. The number of alkyl halides is 1. The van der Waals surface area contributed by atoms with Crippen LogP contribution in [0.4, 0.5) is 8.78 Å². The highest BCUT2D eigenvalue weighted by atomic mass is 19.1. The number of ether oxygens (including phenoxy) is 1. The minimum Gasteiger partial charge on any atom is -0.495 e. The van der Waals surface area contributed by atoms with Crippen LogP contribution in [0.15, 0.2) is 23.7 Å². The van der Waals surface area contributed by atoms with Crippen molar-refractivity contribution in [3.63, 3.8) is 0 Å². The first kappa shape index (κ1) is 10.2. The topological polar surface area (TPSA) is 9.23 Å². The smallest absolute Gasteiger partial charge is 0.166 e. The van der Waals surface area contributed by atoms with Gasteiger partial charge in [0.1, 0.15) is 0 Å². The number of rotatable bonds is 2. The zero-order chi connectivity index (χ0) is 10.0. The van der Waals surface area contributed by atoms with Crippen molar-refractivity contribution in [2.75, 3.05) is 7.11 Å². The normalized spacial score (nSPS) is 28.5. The molecule has 2 atom stereocenters. The van der Waals surface area contributed by atoms with Crippen LogP contribution < -0.4 is 0 Å². The molecule has 1 aliphatic rings. The molecule has 0 saturated carbocycles. The molecule has 1 nitrogen and oxygen atoms in total. The van der Waals surface area contributed by atoms with Crippen molar-refractivity contribution >= 4 is 0 Å². The molecule has 0 aliphatic heterocycles. The first-order chi connectivity index (χ1) is 6.07. The van der Waals surface area contributed by atoms with Crippen LogP contribution in [0.3, 0.4) is 0 Å². The van der Waals surface area contributed by atoms with E-state index in [1.807, 2.05) is 13.8 Å². The highest BCUT2D eigenvalue weighted by Gasteiger charge is 2.31. The van der Waals surface area contributed by atoms with Gasteiger partial charge >= 0.3 is 0 Å². The van der Waals surface area contributed by atoms with Crippen molar-refractivity contribution in [2.45, 2.75) is 20.0 Å². The van der Waals surface area contributed by atoms with Gasteiger partial charge in [-0.05, 0) is 12.0 Å². The van der Waals surface area contributed by atoms with Gasteiger partial charge < -0.3 is 4.74 Å². The summed E-state index contributed by atoms with van der Waals surface area (Å²) in [4.78, 5) is 0. The van der Waals surface area contributed by atoms with Gasteiger partial charge in [0.2, 0.25) is 0 Å². The zero-order valence-corrected chi connectivity index (χ0v) is 8.05. The number of hydrogen-bond donors (Lipinski definition) is 0. The first-order valence-electron chi connectivity index (χ1n) is 4.33. The lowest BCUT2D eigenvalue weighted by Gasteiger charge is -2.25. The summed E-state index contributed by atoms with van der Waals surface area (Å²) in [6, 6.07) is 0. The Morgan fingerprint density at radius 2 is 2.08 bits per heavy atom. The lowest BCUT2D eigenvalue weighted by atomic mass is 9.87. The van der Waals surface area contributed by atoms with Gasteiger partial charge in [0, 0.05) is 5.92 Å². The fourth-order valence-electron chi connectivity index (χ4n) is 1.45. The SMILES string of the molecule is COC1=C(F)C=CC(C(C)C)C1F. The van der Waals surface area contributed by atoms with Crippen molar-refractivity contribution < 1.29 is 13.5 Å². The third-order valence-electron chi connectivity index (χ3n) is 2.28. The van der Waals surface area contributed by atoms with E-state index >= 15 is 0 Å². The molecule has 74 valence electrons. The van der Waals surface area contributed by atoms with Crippen LogP contribution in [0.5, 0.6) is 0 Å². The predicted octanol–water partition coefficient (Wildman–Crippen LogP) is 2.99. The lowest BCUT2D eigenvalue weighted by Crippen LogP contribution is -2.25. The van der Waals surface area contributed by atoms with Crippen LogP contribution in [0.1, 0.15) is 13.8 Å². The van der Waals surface area contributed by atoms with E-state index in [1.54, 1.807) is 6.08 Å². The molecule has 0 aromatic rings. The summed E-state index contributed by atoms with van der Waals surface area (Å²) in [7, 11) is 1.29. The van der Waals surface area contributed by atoms with Crippen molar-refractivity contribution in [1.82, 2.24) is 0 Å². The molecule has 0 N–H and O–H groups in total. The number of methoxy groups -OCH3 is 1. The molecule has 0 heterocycles. The molecule has 0 saturated heterocycles. The minimum absolute atomic E-state index is 0.143. The fourth-order valence-corrected chi connectivity index (χ4v) is 1.45. The summed E-state index contributed by atoms with van der Waals surface area (Å²) >= 11 is 0. The summed E-state index contributed by atoms with van der Waals surface area (Å²) in [5.41, 5.74) is 0. The maximum absolute atomic E-state index is 13.5. The van der Waals surface area contributed by atoms with Crippen molar-refractivity contribution in [3.05, 3.63) is 23.7 Å². The third kappa shape index (κ3) is 1.90. The zero-order valence-electron chi connectivity index (χ0n) is 8.05. The van der Waals surface area contributed by atoms with E-state index in [2.05, 4.69) is 4.74 Å². The van der Waals surface area contributed by atoms with E-state index in [0.29, 0.717) is 0 Å². The molecular weight excluding hydrogens is 174 g/mol. The van der Waals surface area contributed by atoms with Gasteiger partial charge in [-0.15, -0.1) is 0 Å². The predicted molar refractivity (Wildman–Crippen MR) is 47.5 cm³/mol.